The van der Waals surface area contributed by atoms with Gasteiger partial charge in [0.25, 0.3) is 0 Å². The van der Waals surface area contributed by atoms with Crippen LogP contribution in [0.3, 0.4) is 0 Å². The van der Waals surface area contributed by atoms with Gasteiger partial charge in [-0.3, -0.25) is 0 Å². The molecule has 0 spiro atoms. The third-order valence-corrected chi connectivity index (χ3v) is 2.69. The highest BCUT2D eigenvalue weighted by molar-refractivity contribution is 5.06. The molecule has 12 heavy (non-hydrogen) atoms. The molecule has 1 aromatic heterocycles. The summed E-state index contributed by atoms with van der Waals surface area (Å²) < 4.78 is 2.26. The lowest BCUT2D eigenvalue weighted by Gasteiger charge is -2.26. The number of hydrogen-bond acceptors (Lipinski definition) is 3. The highest BCUT2D eigenvalue weighted by atomic mass is 15.3. The molecular weight excluding hydrogens is 152 g/mol. The second-order valence-corrected chi connectivity index (χ2v) is 3.68. The van der Waals surface area contributed by atoms with Gasteiger partial charge in [-0.15, -0.1) is 10.2 Å². The average Bonchev–Trinajstić information content (AvgIpc) is 2.70. The maximum Gasteiger partial charge on any atom is 0.138 e. The number of hydrogen-bond donors (Lipinski definition) is 1. The van der Waals surface area contributed by atoms with Gasteiger partial charge < -0.3 is 9.88 Å². The Morgan fingerprint density at radius 3 is 2.83 bits per heavy atom. The molecule has 2 aliphatic rings. The van der Waals surface area contributed by atoms with Crippen molar-refractivity contribution < 1.29 is 0 Å². The topological polar surface area (TPSA) is 42.7 Å². The van der Waals surface area contributed by atoms with E-state index in [1.165, 1.54) is 18.7 Å². The van der Waals surface area contributed by atoms with Crippen LogP contribution in [-0.4, -0.2) is 27.9 Å². The first-order valence-electron chi connectivity index (χ1n) is 4.55. The largest absolute Gasteiger partial charge is 0.315 e. The fourth-order valence-corrected chi connectivity index (χ4v) is 1.65. The van der Waals surface area contributed by atoms with Crippen LogP contribution in [-0.2, 0) is 0 Å². The van der Waals surface area contributed by atoms with Crippen LogP contribution in [0.2, 0.25) is 0 Å². The lowest BCUT2D eigenvalue weighted by Crippen LogP contribution is -2.41. The number of aromatic nitrogens is 3. The van der Waals surface area contributed by atoms with Crippen molar-refractivity contribution in [1.29, 1.82) is 0 Å². The zero-order valence-corrected chi connectivity index (χ0v) is 6.90. The Bertz CT molecular complexity index is 285. The highest BCUT2D eigenvalue weighted by Crippen LogP contribution is 2.36. The first-order valence-corrected chi connectivity index (χ1v) is 4.55. The smallest absolute Gasteiger partial charge is 0.138 e. The van der Waals surface area contributed by atoms with E-state index in [1.807, 2.05) is 6.33 Å². The standard InChI is InChI=1S/C8H12N4/c1-2-7(1)12-5-10-11-8(12)6-3-9-4-6/h5-7,9H,1-4H2. The van der Waals surface area contributed by atoms with E-state index in [9.17, 15) is 0 Å². The molecule has 0 unspecified atom stereocenters. The molecule has 1 saturated carbocycles. The van der Waals surface area contributed by atoms with Gasteiger partial charge in [0.15, 0.2) is 0 Å². The minimum Gasteiger partial charge on any atom is -0.315 e. The lowest BCUT2D eigenvalue weighted by atomic mass is 10.0. The normalized spacial score (nSPS) is 24.0. The van der Waals surface area contributed by atoms with E-state index in [2.05, 4.69) is 20.1 Å². The van der Waals surface area contributed by atoms with Gasteiger partial charge >= 0.3 is 0 Å². The Morgan fingerprint density at radius 2 is 2.25 bits per heavy atom. The molecule has 2 fully saturated rings. The van der Waals surface area contributed by atoms with Gasteiger partial charge in [0.2, 0.25) is 0 Å². The molecule has 0 radical (unpaired) electrons. The fourth-order valence-electron chi connectivity index (χ4n) is 1.65. The van der Waals surface area contributed by atoms with Gasteiger partial charge in [-0.05, 0) is 12.8 Å². The van der Waals surface area contributed by atoms with Crippen molar-refractivity contribution in [2.45, 2.75) is 24.8 Å². The Balaban J connectivity index is 1.91. The molecule has 1 N–H and O–H groups in total. The number of rotatable bonds is 2. The quantitative estimate of drug-likeness (QED) is 0.683. The third-order valence-electron chi connectivity index (χ3n) is 2.69. The monoisotopic (exact) mass is 164 g/mol. The predicted molar refractivity (Wildman–Crippen MR) is 43.9 cm³/mol. The molecular formula is C8H12N4. The van der Waals surface area contributed by atoms with E-state index >= 15 is 0 Å². The van der Waals surface area contributed by atoms with Crippen molar-refractivity contribution in [3.63, 3.8) is 0 Å². The van der Waals surface area contributed by atoms with Gasteiger partial charge in [-0.1, -0.05) is 0 Å². The van der Waals surface area contributed by atoms with Gasteiger partial charge in [0, 0.05) is 25.0 Å². The number of nitrogens with one attached hydrogen (secondary N) is 1. The van der Waals surface area contributed by atoms with E-state index in [4.69, 9.17) is 0 Å². The van der Waals surface area contributed by atoms with Crippen LogP contribution in [0.1, 0.15) is 30.6 Å². The van der Waals surface area contributed by atoms with Gasteiger partial charge in [-0.2, -0.15) is 0 Å². The van der Waals surface area contributed by atoms with Crippen LogP contribution in [0.15, 0.2) is 6.33 Å². The molecule has 0 aromatic carbocycles. The summed E-state index contributed by atoms with van der Waals surface area (Å²) in [4.78, 5) is 0. The summed E-state index contributed by atoms with van der Waals surface area (Å²) in [5.74, 6) is 1.81. The Labute approximate surface area is 71.0 Å². The minimum absolute atomic E-state index is 0.619. The molecule has 4 heteroatoms. The van der Waals surface area contributed by atoms with Crippen molar-refractivity contribution in [2.75, 3.05) is 13.1 Å². The van der Waals surface area contributed by atoms with Gasteiger partial charge in [0.05, 0.1) is 0 Å². The summed E-state index contributed by atoms with van der Waals surface area (Å²) in [7, 11) is 0. The minimum atomic E-state index is 0.619. The van der Waals surface area contributed by atoms with Crippen LogP contribution in [0.4, 0.5) is 0 Å². The third kappa shape index (κ3) is 0.876. The molecule has 1 aliphatic heterocycles. The van der Waals surface area contributed by atoms with Crippen molar-refractivity contribution >= 4 is 0 Å². The molecule has 1 saturated heterocycles. The zero-order chi connectivity index (χ0) is 7.97. The highest BCUT2D eigenvalue weighted by Gasteiger charge is 2.31. The van der Waals surface area contributed by atoms with Crippen LogP contribution in [0, 0.1) is 0 Å². The predicted octanol–water partition coefficient (Wildman–Crippen LogP) is 0.300. The Kier molecular flexibility index (Phi) is 1.26. The van der Waals surface area contributed by atoms with Crippen molar-refractivity contribution in [3.8, 4) is 0 Å². The summed E-state index contributed by atoms with van der Waals surface area (Å²) in [5.41, 5.74) is 0. The molecule has 4 nitrogen and oxygen atoms in total. The zero-order valence-electron chi connectivity index (χ0n) is 6.90. The average molecular weight is 164 g/mol. The lowest BCUT2D eigenvalue weighted by molar-refractivity contribution is 0.414. The second-order valence-electron chi connectivity index (χ2n) is 3.68. The van der Waals surface area contributed by atoms with Crippen molar-refractivity contribution in [2.24, 2.45) is 0 Å². The summed E-state index contributed by atoms with van der Waals surface area (Å²) in [6.45, 7) is 2.15. The molecule has 0 atom stereocenters. The first kappa shape index (κ1) is 6.60. The second kappa shape index (κ2) is 2.29. The van der Waals surface area contributed by atoms with Crippen molar-refractivity contribution in [3.05, 3.63) is 12.2 Å². The molecule has 0 bridgehead atoms. The molecule has 3 rings (SSSR count). The van der Waals surface area contributed by atoms with Crippen LogP contribution in [0.5, 0.6) is 0 Å². The summed E-state index contributed by atoms with van der Waals surface area (Å²) >= 11 is 0. The van der Waals surface area contributed by atoms with E-state index in [0.717, 1.165) is 19.1 Å². The molecule has 1 aromatic rings. The van der Waals surface area contributed by atoms with Crippen molar-refractivity contribution in [1.82, 2.24) is 20.1 Å². The van der Waals surface area contributed by atoms with E-state index in [-0.39, 0.29) is 0 Å². The van der Waals surface area contributed by atoms with Gasteiger partial charge in [0.1, 0.15) is 12.2 Å². The van der Waals surface area contributed by atoms with Crippen LogP contribution >= 0.6 is 0 Å². The van der Waals surface area contributed by atoms with E-state index < -0.39 is 0 Å². The van der Waals surface area contributed by atoms with Crippen LogP contribution < -0.4 is 5.32 Å². The van der Waals surface area contributed by atoms with Gasteiger partial charge in [-0.25, -0.2) is 0 Å². The van der Waals surface area contributed by atoms with Crippen LogP contribution in [0.25, 0.3) is 0 Å². The summed E-state index contributed by atoms with van der Waals surface area (Å²) in [5, 5.41) is 11.4. The number of nitrogens with zero attached hydrogens (tertiary/aromatic N) is 3. The maximum atomic E-state index is 4.17. The SMILES string of the molecule is c1nnc(C2CNC2)n1C1CC1. The summed E-state index contributed by atoms with van der Waals surface area (Å²) in [6.07, 6.45) is 4.50. The van der Waals surface area contributed by atoms with E-state index in [1.54, 1.807) is 0 Å². The first-order chi connectivity index (χ1) is 5.95. The molecule has 64 valence electrons. The van der Waals surface area contributed by atoms with E-state index in [0.29, 0.717) is 5.92 Å². The molecule has 0 amide bonds. The fraction of sp³-hybridized carbons (Fsp3) is 0.750. The Hall–Kier alpha value is -0.900. The Morgan fingerprint density at radius 1 is 1.42 bits per heavy atom. The molecule has 2 heterocycles. The maximum absolute atomic E-state index is 4.17. The molecule has 1 aliphatic carbocycles. The summed E-state index contributed by atoms with van der Waals surface area (Å²) in [6, 6.07) is 0.718.